The largest absolute Gasteiger partial charge is 0.345 e. The van der Waals surface area contributed by atoms with Gasteiger partial charge in [0, 0.05) is 19.2 Å². The molecule has 6 nitrogen and oxygen atoms in total. The Morgan fingerprint density at radius 1 is 1.17 bits per heavy atom. The Bertz CT molecular complexity index is 633. The van der Waals surface area contributed by atoms with E-state index in [1.165, 1.54) is 19.2 Å². The lowest BCUT2D eigenvalue weighted by Gasteiger charge is -2.31. The minimum atomic E-state index is -0.452. The molecule has 0 fully saturated rings. The molecule has 23 heavy (non-hydrogen) atoms. The summed E-state index contributed by atoms with van der Waals surface area (Å²) in [5.74, 6) is -1.01. The summed E-state index contributed by atoms with van der Waals surface area (Å²) in [5.41, 5.74) is 6.29. The molecule has 3 N–H and O–H groups in total. The maximum Gasteiger partial charge on any atom is 0.261 e. The third-order valence-electron chi connectivity index (χ3n) is 4.47. The Morgan fingerprint density at radius 3 is 2.26 bits per heavy atom. The standard InChI is InChI=1S/C16H21N3O3.ClH/c1-4-16(5-2,9-17)18-13(20)10-6-7-11-12(8-10)15(22)19(3)14(11)21;/h6-8H,4-5,9,17H2,1-3H3,(H,18,20);1H. The van der Waals surface area contributed by atoms with Gasteiger partial charge in [0.2, 0.25) is 0 Å². The number of carbonyl (C=O) groups excluding carboxylic acids is 3. The number of nitrogens with two attached hydrogens (primary N) is 1. The highest BCUT2D eigenvalue weighted by atomic mass is 35.5. The molecule has 1 heterocycles. The van der Waals surface area contributed by atoms with Crippen LogP contribution < -0.4 is 11.1 Å². The zero-order valence-electron chi connectivity index (χ0n) is 13.5. The average molecular weight is 340 g/mol. The predicted octanol–water partition coefficient (Wildman–Crippen LogP) is 1.58. The van der Waals surface area contributed by atoms with Gasteiger partial charge in [0.05, 0.1) is 16.7 Å². The first kappa shape index (κ1) is 19.1. The van der Waals surface area contributed by atoms with Crippen molar-refractivity contribution in [1.29, 1.82) is 0 Å². The van der Waals surface area contributed by atoms with E-state index in [2.05, 4.69) is 5.32 Å². The van der Waals surface area contributed by atoms with E-state index in [-0.39, 0.29) is 35.7 Å². The Morgan fingerprint density at radius 2 is 1.74 bits per heavy atom. The van der Waals surface area contributed by atoms with Crippen molar-refractivity contribution < 1.29 is 14.4 Å². The summed E-state index contributed by atoms with van der Waals surface area (Å²) in [6, 6.07) is 4.56. The van der Waals surface area contributed by atoms with Crippen LogP contribution in [0.3, 0.4) is 0 Å². The lowest BCUT2D eigenvalue weighted by molar-refractivity contribution is 0.0693. The van der Waals surface area contributed by atoms with Gasteiger partial charge in [0.1, 0.15) is 0 Å². The molecule has 0 bridgehead atoms. The van der Waals surface area contributed by atoms with Crippen molar-refractivity contribution in [2.75, 3.05) is 13.6 Å². The van der Waals surface area contributed by atoms with Crippen LogP contribution in [0.4, 0.5) is 0 Å². The Labute approximate surface area is 141 Å². The van der Waals surface area contributed by atoms with Gasteiger partial charge in [0.15, 0.2) is 0 Å². The van der Waals surface area contributed by atoms with E-state index in [0.29, 0.717) is 17.7 Å². The van der Waals surface area contributed by atoms with Gasteiger partial charge in [-0.2, -0.15) is 0 Å². The van der Waals surface area contributed by atoms with E-state index in [1.807, 2.05) is 13.8 Å². The molecule has 0 aliphatic carbocycles. The molecule has 0 unspecified atom stereocenters. The van der Waals surface area contributed by atoms with Gasteiger partial charge in [-0.25, -0.2) is 0 Å². The van der Waals surface area contributed by atoms with Crippen molar-refractivity contribution in [1.82, 2.24) is 10.2 Å². The number of halogens is 1. The predicted molar refractivity (Wildman–Crippen MR) is 89.9 cm³/mol. The van der Waals surface area contributed by atoms with Crippen LogP contribution in [0.5, 0.6) is 0 Å². The van der Waals surface area contributed by atoms with Crippen LogP contribution in [-0.4, -0.2) is 41.8 Å². The van der Waals surface area contributed by atoms with Crippen LogP contribution in [0.2, 0.25) is 0 Å². The highest BCUT2D eigenvalue weighted by molar-refractivity contribution is 6.21. The van der Waals surface area contributed by atoms with E-state index in [9.17, 15) is 14.4 Å². The molecule has 0 aromatic heterocycles. The minimum Gasteiger partial charge on any atom is -0.345 e. The highest BCUT2D eigenvalue weighted by Gasteiger charge is 2.34. The first-order valence-electron chi connectivity index (χ1n) is 7.38. The molecule has 1 aliphatic rings. The molecule has 1 aromatic carbocycles. The molecule has 0 saturated heterocycles. The second kappa shape index (κ2) is 7.10. The molecule has 1 aliphatic heterocycles. The van der Waals surface area contributed by atoms with E-state index < -0.39 is 5.54 Å². The smallest absolute Gasteiger partial charge is 0.261 e. The summed E-state index contributed by atoms with van der Waals surface area (Å²) in [4.78, 5) is 37.3. The summed E-state index contributed by atoms with van der Waals surface area (Å²) in [6.07, 6.45) is 1.44. The van der Waals surface area contributed by atoms with Crippen molar-refractivity contribution in [3.05, 3.63) is 34.9 Å². The van der Waals surface area contributed by atoms with Crippen molar-refractivity contribution in [3.8, 4) is 0 Å². The molecule has 7 heteroatoms. The van der Waals surface area contributed by atoms with Crippen LogP contribution in [0.25, 0.3) is 0 Å². The van der Waals surface area contributed by atoms with Gasteiger partial charge >= 0.3 is 0 Å². The maximum absolute atomic E-state index is 12.4. The van der Waals surface area contributed by atoms with Crippen LogP contribution in [0.15, 0.2) is 18.2 Å². The summed E-state index contributed by atoms with van der Waals surface area (Å²) in [7, 11) is 1.43. The number of carbonyl (C=O) groups is 3. The zero-order valence-corrected chi connectivity index (χ0v) is 14.3. The number of fused-ring (bicyclic) bond motifs is 1. The lowest BCUT2D eigenvalue weighted by Crippen LogP contribution is -2.52. The normalized spacial score (nSPS) is 13.7. The molecule has 1 aromatic rings. The van der Waals surface area contributed by atoms with Gasteiger partial charge in [-0.05, 0) is 31.0 Å². The topological polar surface area (TPSA) is 92.5 Å². The van der Waals surface area contributed by atoms with Gasteiger partial charge in [0.25, 0.3) is 17.7 Å². The number of hydrogen-bond acceptors (Lipinski definition) is 4. The maximum atomic E-state index is 12.4. The molecular formula is C16H22ClN3O3. The SMILES string of the molecule is CCC(CC)(CN)NC(=O)c1ccc2c(c1)C(=O)N(C)C2=O.Cl. The van der Waals surface area contributed by atoms with Crippen LogP contribution in [0, 0.1) is 0 Å². The molecule has 0 spiro atoms. The number of benzene rings is 1. The quantitative estimate of drug-likeness (QED) is 0.797. The first-order valence-corrected chi connectivity index (χ1v) is 7.38. The summed E-state index contributed by atoms with van der Waals surface area (Å²) < 4.78 is 0. The van der Waals surface area contributed by atoms with E-state index in [4.69, 9.17) is 5.73 Å². The van der Waals surface area contributed by atoms with Crippen LogP contribution in [0.1, 0.15) is 57.8 Å². The molecule has 0 radical (unpaired) electrons. The molecular weight excluding hydrogens is 318 g/mol. The third-order valence-corrected chi connectivity index (χ3v) is 4.47. The third kappa shape index (κ3) is 3.23. The fourth-order valence-electron chi connectivity index (χ4n) is 2.58. The van der Waals surface area contributed by atoms with Crippen LogP contribution >= 0.6 is 12.4 Å². The molecule has 0 saturated carbocycles. The van der Waals surface area contributed by atoms with Crippen molar-refractivity contribution in [2.24, 2.45) is 5.73 Å². The molecule has 126 valence electrons. The van der Waals surface area contributed by atoms with E-state index >= 15 is 0 Å². The molecule has 0 atom stereocenters. The second-order valence-electron chi connectivity index (χ2n) is 5.58. The average Bonchev–Trinajstić information content (AvgIpc) is 2.77. The van der Waals surface area contributed by atoms with E-state index in [1.54, 1.807) is 6.07 Å². The first-order chi connectivity index (χ1) is 10.4. The number of nitrogens with zero attached hydrogens (tertiary/aromatic N) is 1. The number of amides is 3. The highest BCUT2D eigenvalue weighted by Crippen LogP contribution is 2.23. The Kier molecular flexibility index (Phi) is 5.91. The fourth-order valence-corrected chi connectivity index (χ4v) is 2.58. The Hall–Kier alpha value is -1.92. The number of nitrogens with one attached hydrogen (secondary N) is 1. The summed E-state index contributed by atoms with van der Waals surface area (Å²) in [6.45, 7) is 4.28. The van der Waals surface area contributed by atoms with Gasteiger partial charge in [-0.3, -0.25) is 19.3 Å². The minimum absolute atomic E-state index is 0. The fraction of sp³-hybridized carbons (Fsp3) is 0.438. The van der Waals surface area contributed by atoms with Gasteiger partial charge < -0.3 is 11.1 Å². The van der Waals surface area contributed by atoms with E-state index in [0.717, 1.165) is 17.7 Å². The number of rotatable bonds is 5. The van der Waals surface area contributed by atoms with Gasteiger partial charge in [-0.1, -0.05) is 13.8 Å². The number of hydrogen-bond donors (Lipinski definition) is 2. The lowest BCUT2D eigenvalue weighted by atomic mass is 9.92. The monoisotopic (exact) mass is 339 g/mol. The number of imide groups is 1. The zero-order chi connectivity index (χ0) is 16.5. The second-order valence-corrected chi connectivity index (χ2v) is 5.58. The molecule has 3 amide bonds. The van der Waals surface area contributed by atoms with Gasteiger partial charge in [-0.15, -0.1) is 12.4 Å². The van der Waals surface area contributed by atoms with Crippen molar-refractivity contribution in [3.63, 3.8) is 0 Å². The Balaban J connectivity index is 0.00000264. The summed E-state index contributed by atoms with van der Waals surface area (Å²) >= 11 is 0. The van der Waals surface area contributed by atoms with Crippen molar-refractivity contribution >= 4 is 30.1 Å². The summed E-state index contributed by atoms with van der Waals surface area (Å²) in [5, 5.41) is 2.95. The molecule has 2 rings (SSSR count). The van der Waals surface area contributed by atoms with Crippen molar-refractivity contribution in [2.45, 2.75) is 32.2 Å². The van der Waals surface area contributed by atoms with Crippen LogP contribution in [-0.2, 0) is 0 Å².